The van der Waals surface area contributed by atoms with Crippen LogP contribution in [0.2, 0.25) is 0 Å². The van der Waals surface area contributed by atoms with Crippen LogP contribution >= 0.6 is 10.7 Å². The maximum Gasteiger partial charge on any atom is 0.280 e. The molecule has 0 bridgehead atoms. The van der Waals surface area contributed by atoms with Crippen LogP contribution in [0, 0.1) is 0 Å². The Bertz CT molecular complexity index is 561. The Kier molecular flexibility index (Phi) is 2.97. The van der Waals surface area contributed by atoms with Crippen LogP contribution in [0.4, 0.5) is 0 Å². The monoisotopic (exact) mass is 260 g/mol. The molecule has 0 aromatic carbocycles. The average Bonchev–Trinajstić information content (AvgIpc) is 2.85. The lowest BCUT2D eigenvalue weighted by Gasteiger charge is -2.01. The highest BCUT2D eigenvalue weighted by Gasteiger charge is 2.12. The van der Waals surface area contributed by atoms with Crippen molar-refractivity contribution in [2.45, 2.75) is 18.1 Å². The Hall–Kier alpha value is -1.34. The van der Waals surface area contributed by atoms with E-state index in [2.05, 4.69) is 9.97 Å². The molecule has 86 valence electrons. The second kappa shape index (κ2) is 4.26. The van der Waals surface area contributed by atoms with Crippen LogP contribution in [0.3, 0.4) is 0 Å². The molecule has 0 radical (unpaired) electrons. The highest BCUT2D eigenvalue weighted by atomic mass is 35.7. The second-order valence-corrected chi connectivity index (χ2v) is 5.70. The van der Waals surface area contributed by atoms with E-state index >= 15 is 0 Å². The molecular weight excluding hydrogens is 252 g/mol. The zero-order valence-corrected chi connectivity index (χ0v) is 9.76. The van der Waals surface area contributed by atoms with Crippen LogP contribution in [0.25, 0.3) is 0 Å². The summed E-state index contributed by atoms with van der Waals surface area (Å²) in [6, 6.07) is 0. The summed E-state index contributed by atoms with van der Waals surface area (Å²) in [7, 11) is 1.42. The van der Waals surface area contributed by atoms with E-state index in [1.807, 2.05) is 10.8 Å². The van der Waals surface area contributed by atoms with Crippen LogP contribution < -0.4 is 0 Å². The molecule has 2 heterocycles. The van der Waals surface area contributed by atoms with E-state index in [0.717, 1.165) is 0 Å². The van der Waals surface area contributed by atoms with Crippen molar-refractivity contribution in [3.05, 3.63) is 31.2 Å². The third-order valence-electron chi connectivity index (χ3n) is 2.03. The molecule has 16 heavy (non-hydrogen) atoms. The number of aryl methyl sites for hydroxylation is 2. The number of aromatic nitrogens is 4. The van der Waals surface area contributed by atoms with Crippen molar-refractivity contribution < 1.29 is 8.42 Å². The molecule has 0 aliphatic rings. The van der Waals surface area contributed by atoms with Crippen molar-refractivity contribution in [2.24, 2.45) is 0 Å². The van der Waals surface area contributed by atoms with Crippen LogP contribution in [0.15, 0.2) is 36.3 Å². The van der Waals surface area contributed by atoms with Gasteiger partial charge in [0, 0.05) is 42.4 Å². The van der Waals surface area contributed by atoms with Crippen molar-refractivity contribution >= 4 is 19.7 Å². The van der Waals surface area contributed by atoms with E-state index in [0.29, 0.717) is 13.1 Å². The smallest absolute Gasteiger partial charge is 0.280 e. The Morgan fingerprint density at radius 2 is 2.00 bits per heavy atom. The largest absolute Gasteiger partial charge is 0.336 e. The van der Waals surface area contributed by atoms with Crippen molar-refractivity contribution in [2.75, 3.05) is 0 Å². The number of hydrogen-bond acceptors (Lipinski definition) is 4. The molecule has 0 unspecified atom stereocenters. The van der Waals surface area contributed by atoms with Gasteiger partial charge >= 0.3 is 0 Å². The first-order valence-corrected chi connectivity index (χ1v) is 6.79. The van der Waals surface area contributed by atoms with Crippen molar-refractivity contribution in [1.82, 2.24) is 19.1 Å². The predicted molar refractivity (Wildman–Crippen MR) is 57.5 cm³/mol. The molecule has 0 atom stereocenters. The van der Waals surface area contributed by atoms with Crippen LogP contribution in [0.5, 0.6) is 0 Å². The molecule has 8 heteroatoms. The lowest BCUT2D eigenvalue weighted by Crippen LogP contribution is -2.03. The fraction of sp³-hybridized carbons (Fsp3) is 0.250. The van der Waals surface area contributed by atoms with Gasteiger partial charge in [0.25, 0.3) is 9.05 Å². The zero-order chi connectivity index (χ0) is 11.6. The number of nitrogens with zero attached hydrogens (tertiary/aromatic N) is 4. The van der Waals surface area contributed by atoms with Gasteiger partial charge in [0.15, 0.2) is 5.03 Å². The summed E-state index contributed by atoms with van der Waals surface area (Å²) in [6.07, 6.45) is 8.04. The minimum Gasteiger partial charge on any atom is -0.336 e. The fourth-order valence-corrected chi connectivity index (χ4v) is 1.91. The van der Waals surface area contributed by atoms with Gasteiger partial charge in [-0.1, -0.05) is 0 Å². The van der Waals surface area contributed by atoms with Gasteiger partial charge in [-0.15, -0.1) is 0 Å². The van der Waals surface area contributed by atoms with Gasteiger partial charge in [-0.3, -0.25) is 0 Å². The molecule has 0 fully saturated rings. The topological polar surface area (TPSA) is 69.8 Å². The van der Waals surface area contributed by atoms with E-state index in [1.165, 1.54) is 12.5 Å². The van der Waals surface area contributed by atoms with Crippen LogP contribution in [0.1, 0.15) is 0 Å². The minimum atomic E-state index is -3.73. The van der Waals surface area contributed by atoms with E-state index in [1.54, 1.807) is 17.1 Å². The van der Waals surface area contributed by atoms with E-state index in [4.69, 9.17) is 10.7 Å². The molecular formula is C8H9ClN4O2S. The van der Waals surface area contributed by atoms with Gasteiger partial charge in [-0.05, 0) is 0 Å². The average molecular weight is 261 g/mol. The molecule has 0 saturated carbocycles. The molecule has 0 aliphatic heterocycles. The molecule has 0 spiro atoms. The Labute approximate surface area is 96.9 Å². The Balaban J connectivity index is 2.04. The maximum absolute atomic E-state index is 11.0. The summed E-state index contributed by atoms with van der Waals surface area (Å²) in [6.45, 7) is 1.30. The highest BCUT2D eigenvalue weighted by molar-refractivity contribution is 8.13. The lowest BCUT2D eigenvalue weighted by atomic mass is 10.6. The molecule has 2 aromatic rings. The standard InChI is InChI=1S/C8H9ClN4O2S/c9-16(14,15)8-5-13(7-11-8)4-3-12-2-1-10-6-12/h1-2,5-7H,3-4H2. The quantitative estimate of drug-likeness (QED) is 0.759. The molecule has 0 N–H and O–H groups in total. The first-order valence-electron chi connectivity index (χ1n) is 4.48. The Morgan fingerprint density at radius 1 is 1.25 bits per heavy atom. The lowest BCUT2D eigenvalue weighted by molar-refractivity contribution is 0.576. The number of rotatable bonds is 4. The van der Waals surface area contributed by atoms with Crippen LogP contribution in [-0.2, 0) is 22.1 Å². The maximum atomic E-state index is 11.0. The van der Waals surface area contributed by atoms with Gasteiger partial charge in [0.1, 0.15) is 0 Å². The second-order valence-electron chi connectivity index (χ2n) is 3.19. The first kappa shape index (κ1) is 11.2. The van der Waals surface area contributed by atoms with Gasteiger partial charge in [0.2, 0.25) is 0 Å². The van der Waals surface area contributed by atoms with Crippen LogP contribution in [-0.4, -0.2) is 27.5 Å². The first-order chi connectivity index (χ1) is 7.55. The fourth-order valence-electron chi connectivity index (χ4n) is 1.24. The summed E-state index contributed by atoms with van der Waals surface area (Å²) >= 11 is 0. The summed E-state index contributed by atoms with van der Waals surface area (Å²) in [5, 5.41) is -0.125. The van der Waals surface area contributed by atoms with Gasteiger partial charge < -0.3 is 9.13 Å². The number of hydrogen-bond donors (Lipinski definition) is 0. The summed E-state index contributed by atoms with van der Waals surface area (Å²) in [4.78, 5) is 7.61. The van der Waals surface area contributed by atoms with Crippen molar-refractivity contribution in [3.63, 3.8) is 0 Å². The molecule has 0 saturated heterocycles. The van der Waals surface area contributed by atoms with Gasteiger partial charge in [-0.2, -0.15) is 0 Å². The molecule has 0 aliphatic carbocycles. The molecule has 0 amide bonds. The van der Waals surface area contributed by atoms with Gasteiger partial charge in [0.05, 0.1) is 12.7 Å². The molecule has 2 aromatic heterocycles. The highest BCUT2D eigenvalue weighted by Crippen LogP contribution is 2.11. The minimum absolute atomic E-state index is 0.125. The van der Waals surface area contributed by atoms with Crippen molar-refractivity contribution in [1.29, 1.82) is 0 Å². The third-order valence-corrected chi connectivity index (χ3v) is 3.22. The Morgan fingerprint density at radius 3 is 2.56 bits per heavy atom. The summed E-state index contributed by atoms with van der Waals surface area (Å²) in [5.41, 5.74) is 0. The number of halogens is 1. The van der Waals surface area contributed by atoms with E-state index < -0.39 is 9.05 Å². The molecule has 6 nitrogen and oxygen atoms in total. The van der Waals surface area contributed by atoms with E-state index in [9.17, 15) is 8.42 Å². The zero-order valence-electron chi connectivity index (χ0n) is 8.19. The van der Waals surface area contributed by atoms with Crippen molar-refractivity contribution in [3.8, 4) is 0 Å². The predicted octanol–water partition coefficient (Wildman–Crippen LogP) is 0.707. The third kappa shape index (κ3) is 2.61. The molecule has 2 rings (SSSR count). The van der Waals surface area contributed by atoms with Gasteiger partial charge in [-0.25, -0.2) is 18.4 Å². The summed E-state index contributed by atoms with van der Waals surface area (Å²) < 4.78 is 25.5. The SMILES string of the molecule is O=S(=O)(Cl)c1cn(CCn2ccnc2)cn1. The number of imidazole rings is 2. The normalized spacial score (nSPS) is 11.8. The summed E-state index contributed by atoms with van der Waals surface area (Å²) in [5.74, 6) is 0. The van der Waals surface area contributed by atoms with E-state index in [-0.39, 0.29) is 5.03 Å².